The molecule has 4 saturated carbocycles. The molecule has 6 nitrogen and oxygen atoms in total. The predicted molar refractivity (Wildman–Crippen MR) is 160 cm³/mol. The Morgan fingerprint density at radius 3 is 2.24 bits per heavy atom. The van der Waals surface area contributed by atoms with Crippen LogP contribution in [0.3, 0.4) is 0 Å². The van der Waals surface area contributed by atoms with Crippen LogP contribution in [0.15, 0.2) is 11.6 Å². The van der Waals surface area contributed by atoms with Crippen molar-refractivity contribution in [1.82, 2.24) is 0 Å². The number of carbonyl (C=O) groups is 1. The van der Waals surface area contributed by atoms with E-state index < -0.39 is 29.1 Å². The minimum Gasteiger partial charge on any atom is -0.461 e. The number of hydrogen-bond acceptors (Lipinski definition) is 6. The molecule has 0 bridgehead atoms. The number of aliphatic hydroxyl groups is 4. The van der Waals surface area contributed by atoms with Crippen LogP contribution in [-0.2, 0) is 9.53 Å². The minimum absolute atomic E-state index is 0.0111. The van der Waals surface area contributed by atoms with Crippen LogP contribution >= 0.6 is 0 Å². The van der Waals surface area contributed by atoms with Crippen molar-refractivity contribution < 1.29 is 30.0 Å². The van der Waals surface area contributed by atoms with E-state index in [-0.39, 0.29) is 52.2 Å². The molecule has 0 saturated heterocycles. The molecule has 5 aliphatic carbocycles. The Morgan fingerprint density at radius 1 is 0.976 bits per heavy atom. The van der Waals surface area contributed by atoms with E-state index in [0.29, 0.717) is 24.7 Å². The standard InChI is InChI=1S/C35H58O6/c1-10-20(2)29(40)41-26-18-30(3,4)17-22-21-11-12-24-32(7)15-14-25(37)31(5,6)23(32)13-16-33(24,8)34(21,9)27(38)28(39)35(22,26)19-36/h11,20,22-28,36-39H,10,12-19H2,1-9H3/t20?,22-,23-,24+,25?,26?,27?,28?,32-,33+,34-,35+/m0/s1. The third-order valence-electron chi connectivity index (χ3n) is 14.5. The van der Waals surface area contributed by atoms with Gasteiger partial charge in [0, 0.05) is 5.41 Å². The molecule has 5 rings (SSSR count). The number of esters is 1. The SMILES string of the molecule is CCC(C)C(=O)OC1CC(C)(C)C[C@H]2C3=CC[C@@H]4[C@@]5(C)CCC(O)C(C)(C)[C@@H]5CC[C@@]4(C)[C@]3(C)C(O)C(O)[C@@]12CO. The molecule has 0 radical (unpaired) electrons. The summed E-state index contributed by atoms with van der Waals surface area (Å²) in [5.41, 5.74) is -1.28. The Morgan fingerprint density at radius 2 is 1.63 bits per heavy atom. The first kappa shape index (κ1) is 31.5. The van der Waals surface area contributed by atoms with Crippen molar-refractivity contribution >= 4 is 5.97 Å². The van der Waals surface area contributed by atoms with E-state index in [1.54, 1.807) is 0 Å². The molecular formula is C35H58O6. The van der Waals surface area contributed by atoms with Gasteiger partial charge in [0.05, 0.1) is 36.3 Å². The molecule has 6 heteroatoms. The highest BCUT2D eigenvalue weighted by atomic mass is 16.5. The van der Waals surface area contributed by atoms with E-state index in [4.69, 9.17) is 4.74 Å². The van der Waals surface area contributed by atoms with Gasteiger partial charge in [0.25, 0.3) is 0 Å². The van der Waals surface area contributed by atoms with Crippen molar-refractivity contribution in [2.75, 3.05) is 6.61 Å². The molecule has 5 aliphatic rings. The summed E-state index contributed by atoms with van der Waals surface area (Å²) in [7, 11) is 0. The highest BCUT2D eigenvalue weighted by Gasteiger charge is 2.74. The van der Waals surface area contributed by atoms with Crippen LogP contribution < -0.4 is 0 Å². The zero-order valence-corrected chi connectivity index (χ0v) is 27.2. The maximum absolute atomic E-state index is 13.1. The molecule has 234 valence electrons. The van der Waals surface area contributed by atoms with E-state index in [0.717, 1.165) is 44.1 Å². The molecule has 4 N–H and O–H groups in total. The summed E-state index contributed by atoms with van der Waals surface area (Å²) in [5.74, 6) is -0.0890. The highest BCUT2D eigenvalue weighted by molar-refractivity contribution is 5.72. The maximum Gasteiger partial charge on any atom is 0.308 e. The van der Waals surface area contributed by atoms with Crippen LogP contribution in [-0.4, -0.2) is 57.4 Å². The van der Waals surface area contributed by atoms with E-state index in [9.17, 15) is 25.2 Å². The number of rotatable bonds is 4. The third kappa shape index (κ3) is 3.98. The van der Waals surface area contributed by atoms with Gasteiger partial charge in [0.15, 0.2) is 0 Å². The summed E-state index contributed by atoms with van der Waals surface area (Å²) >= 11 is 0. The van der Waals surface area contributed by atoms with Crippen LogP contribution in [0.4, 0.5) is 0 Å². The molecule has 0 aromatic carbocycles. The van der Waals surface area contributed by atoms with Gasteiger partial charge in [-0.25, -0.2) is 0 Å². The van der Waals surface area contributed by atoms with Crippen LogP contribution in [0.2, 0.25) is 0 Å². The third-order valence-corrected chi connectivity index (χ3v) is 14.5. The van der Waals surface area contributed by atoms with Crippen LogP contribution in [0.5, 0.6) is 0 Å². The van der Waals surface area contributed by atoms with Crippen LogP contribution in [0.1, 0.15) is 114 Å². The monoisotopic (exact) mass is 574 g/mol. The smallest absolute Gasteiger partial charge is 0.308 e. The summed E-state index contributed by atoms with van der Waals surface area (Å²) in [6, 6.07) is 0. The second kappa shape index (κ2) is 9.78. The number of aliphatic hydroxyl groups excluding tert-OH is 4. The molecule has 0 aromatic rings. The fraction of sp³-hybridized carbons (Fsp3) is 0.914. The van der Waals surface area contributed by atoms with Crippen molar-refractivity contribution in [2.24, 2.45) is 56.2 Å². The number of ether oxygens (including phenoxy) is 1. The van der Waals surface area contributed by atoms with Crippen LogP contribution in [0.25, 0.3) is 0 Å². The van der Waals surface area contributed by atoms with E-state index in [2.05, 4.69) is 54.5 Å². The fourth-order valence-corrected chi connectivity index (χ4v) is 11.5. The van der Waals surface area contributed by atoms with Crippen LogP contribution in [0, 0.1) is 56.2 Å². The largest absolute Gasteiger partial charge is 0.461 e. The van der Waals surface area contributed by atoms with Gasteiger partial charge in [-0.1, -0.05) is 74.0 Å². The first-order valence-corrected chi connectivity index (χ1v) is 16.4. The van der Waals surface area contributed by atoms with Gasteiger partial charge in [-0.2, -0.15) is 0 Å². The Bertz CT molecular complexity index is 1080. The Labute approximate surface area is 248 Å². The molecule has 0 spiro atoms. The lowest BCUT2D eigenvalue weighted by Gasteiger charge is -2.73. The lowest BCUT2D eigenvalue weighted by Crippen LogP contribution is -2.74. The summed E-state index contributed by atoms with van der Waals surface area (Å²) in [6.45, 7) is 19.3. The van der Waals surface area contributed by atoms with Gasteiger partial charge >= 0.3 is 5.97 Å². The highest BCUT2D eigenvalue weighted by Crippen LogP contribution is 2.75. The van der Waals surface area contributed by atoms with Gasteiger partial charge in [-0.15, -0.1) is 0 Å². The lowest BCUT2D eigenvalue weighted by molar-refractivity contribution is -0.275. The Hall–Kier alpha value is -0.950. The normalized spacial score (nSPS) is 50.8. The molecule has 0 heterocycles. The fourth-order valence-electron chi connectivity index (χ4n) is 11.5. The second-order valence-electron chi connectivity index (χ2n) is 17.1. The molecule has 0 aromatic heterocycles. The minimum atomic E-state index is -1.23. The van der Waals surface area contributed by atoms with Crippen molar-refractivity contribution in [2.45, 2.75) is 138 Å². The maximum atomic E-state index is 13.1. The number of carbonyl (C=O) groups excluding carboxylic acids is 1. The van der Waals surface area contributed by atoms with Crippen molar-refractivity contribution in [3.05, 3.63) is 11.6 Å². The van der Waals surface area contributed by atoms with Gasteiger partial charge in [-0.3, -0.25) is 4.79 Å². The zero-order chi connectivity index (χ0) is 30.6. The Kier molecular flexibility index (Phi) is 7.50. The van der Waals surface area contributed by atoms with Crippen molar-refractivity contribution in [3.8, 4) is 0 Å². The molecule has 12 atom stereocenters. The lowest BCUT2D eigenvalue weighted by atomic mass is 9.32. The van der Waals surface area contributed by atoms with E-state index >= 15 is 0 Å². The molecule has 0 aliphatic heterocycles. The van der Waals surface area contributed by atoms with E-state index in [1.165, 1.54) is 0 Å². The summed E-state index contributed by atoms with van der Waals surface area (Å²) < 4.78 is 6.21. The number of allylic oxidation sites excluding steroid dienone is 1. The number of fused-ring (bicyclic) bond motifs is 7. The van der Waals surface area contributed by atoms with Gasteiger partial charge < -0.3 is 25.2 Å². The molecule has 4 fully saturated rings. The second-order valence-corrected chi connectivity index (χ2v) is 17.1. The van der Waals surface area contributed by atoms with Gasteiger partial charge in [-0.05, 0) is 90.8 Å². The topological polar surface area (TPSA) is 107 Å². The molecular weight excluding hydrogens is 516 g/mol. The predicted octanol–water partition coefficient (Wildman–Crippen LogP) is 5.65. The molecule has 41 heavy (non-hydrogen) atoms. The Balaban J connectivity index is 1.63. The van der Waals surface area contributed by atoms with Gasteiger partial charge in [0.2, 0.25) is 0 Å². The first-order valence-electron chi connectivity index (χ1n) is 16.4. The quantitative estimate of drug-likeness (QED) is 0.255. The average molecular weight is 575 g/mol. The zero-order valence-electron chi connectivity index (χ0n) is 27.2. The number of hydrogen-bond donors (Lipinski definition) is 4. The summed E-state index contributed by atoms with van der Waals surface area (Å²) in [6.07, 6.45) is 5.55. The molecule has 0 amide bonds. The van der Waals surface area contributed by atoms with Crippen molar-refractivity contribution in [1.29, 1.82) is 0 Å². The first-order chi connectivity index (χ1) is 18.9. The van der Waals surface area contributed by atoms with Gasteiger partial charge in [0.1, 0.15) is 6.10 Å². The average Bonchev–Trinajstić information content (AvgIpc) is 2.89. The summed E-state index contributed by atoms with van der Waals surface area (Å²) in [5, 5.41) is 46.7. The van der Waals surface area contributed by atoms with Crippen molar-refractivity contribution in [3.63, 3.8) is 0 Å². The molecule has 5 unspecified atom stereocenters. The van der Waals surface area contributed by atoms with E-state index in [1.807, 2.05) is 13.8 Å². The summed E-state index contributed by atoms with van der Waals surface area (Å²) in [4.78, 5) is 13.1.